The number of hydrogen-bond acceptors (Lipinski definition) is 4. The second-order valence-corrected chi connectivity index (χ2v) is 3.73. The number of nitrogens with zero attached hydrogens (tertiary/aromatic N) is 2. The summed E-state index contributed by atoms with van der Waals surface area (Å²) in [5, 5.41) is 17.1. The summed E-state index contributed by atoms with van der Waals surface area (Å²) in [6, 6.07) is 13.8. The molecule has 0 fully saturated rings. The number of carboxylic acid groups (broad SMARTS) is 1. The molecule has 2 aromatic rings. The number of ether oxygens (including phenoxy) is 1. The molecule has 96 valence electrons. The third kappa shape index (κ3) is 3.16. The van der Waals surface area contributed by atoms with Crippen LogP contribution in [-0.4, -0.2) is 18.2 Å². The number of carboxylic acids is 1. The minimum absolute atomic E-state index is 0.0620. The van der Waals surface area contributed by atoms with E-state index in [0.29, 0.717) is 17.1 Å². The number of benzene rings is 2. The summed E-state index contributed by atoms with van der Waals surface area (Å²) in [6.45, 7) is 0. The Labute approximate surface area is 110 Å². The maximum Gasteiger partial charge on any atom is 0.339 e. The van der Waals surface area contributed by atoms with Crippen LogP contribution in [0.1, 0.15) is 10.4 Å². The fourth-order valence-corrected chi connectivity index (χ4v) is 1.54. The lowest BCUT2D eigenvalue weighted by atomic mass is 10.2. The Bertz CT molecular complexity index is 609. The van der Waals surface area contributed by atoms with Crippen LogP contribution in [0.25, 0.3) is 0 Å². The molecule has 0 aliphatic carbocycles. The van der Waals surface area contributed by atoms with Crippen molar-refractivity contribution in [2.45, 2.75) is 0 Å². The monoisotopic (exact) mass is 256 g/mol. The summed E-state index contributed by atoms with van der Waals surface area (Å²) < 4.78 is 4.97. The van der Waals surface area contributed by atoms with Gasteiger partial charge in [-0.2, -0.15) is 10.2 Å². The molecule has 5 nitrogen and oxygen atoms in total. The fourth-order valence-electron chi connectivity index (χ4n) is 1.54. The van der Waals surface area contributed by atoms with Gasteiger partial charge in [-0.1, -0.05) is 18.2 Å². The molecule has 2 aromatic carbocycles. The quantitative estimate of drug-likeness (QED) is 0.845. The molecule has 0 atom stereocenters. The van der Waals surface area contributed by atoms with Crippen LogP contribution in [0, 0.1) is 0 Å². The van der Waals surface area contributed by atoms with Crippen LogP contribution in [-0.2, 0) is 0 Å². The molecule has 0 saturated carbocycles. The van der Waals surface area contributed by atoms with E-state index in [2.05, 4.69) is 10.2 Å². The highest BCUT2D eigenvalue weighted by Crippen LogP contribution is 2.25. The second kappa shape index (κ2) is 5.77. The van der Waals surface area contributed by atoms with E-state index in [9.17, 15) is 4.79 Å². The summed E-state index contributed by atoms with van der Waals surface area (Å²) in [5.74, 6) is -0.764. The maximum atomic E-state index is 11.1. The van der Waals surface area contributed by atoms with Gasteiger partial charge in [-0.15, -0.1) is 0 Å². The summed E-state index contributed by atoms with van der Waals surface area (Å²) in [5.41, 5.74) is 1.23. The van der Waals surface area contributed by atoms with Crippen LogP contribution in [0.5, 0.6) is 5.75 Å². The Morgan fingerprint density at radius 3 is 2.37 bits per heavy atom. The highest BCUT2D eigenvalue weighted by atomic mass is 16.5. The van der Waals surface area contributed by atoms with Crippen LogP contribution < -0.4 is 4.74 Å². The Morgan fingerprint density at radius 2 is 1.74 bits per heavy atom. The van der Waals surface area contributed by atoms with Crippen LogP contribution in [0.4, 0.5) is 11.4 Å². The normalized spacial score (nSPS) is 10.6. The van der Waals surface area contributed by atoms with Gasteiger partial charge < -0.3 is 9.84 Å². The van der Waals surface area contributed by atoms with Crippen molar-refractivity contribution in [2.24, 2.45) is 10.2 Å². The van der Waals surface area contributed by atoms with Crippen molar-refractivity contribution < 1.29 is 14.6 Å². The topological polar surface area (TPSA) is 71.2 Å². The van der Waals surface area contributed by atoms with Gasteiger partial charge in [-0.3, -0.25) is 0 Å². The third-order valence-electron chi connectivity index (χ3n) is 2.45. The van der Waals surface area contributed by atoms with E-state index in [1.165, 1.54) is 13.2 Å². The standard InChI is InChI=1S/C14H12N2O3/c1-19-13-8-7-11(9-12(13)14(17)18)16-15-10-5-3-2-4-6-10/h2-9H,1H3,(H,17,18). The van der Waals surface area contributed by atoms with Crippen molar-refractivity contribution in [3.8, 4) is 5.75 Å². The highest BCUT2D eigenvalue weighted by Gasteiger charge is 2.11. The lowest BCUT2D eigenvalue weighted by Gasteiger charge is -2.04. The van der Waals surface area contributed by atoms with Gasteiger partial charge in [0.15, 0.2) is 0 Å². The molecular weight excluding hydrogens is 244 g/mol. The van der Waals surface area contributed by atoms with E-state index in [1.54, 1.807) is 12.1 Å². The molecule has 0 unspecified atom stereocenters. The summed E-state index contributed by atoms with van der Waals surface area (Å²) in [7, 11) is 1.42. The molecule has 19 heavy (non-hydrogen) atoms. The SMILES string of the molecule is COc1ccc(N=Nc2ccccc2)cc1C(=O)O. The minimum atomic E-state index is -1.06. The number of methoxy groups -OCH3 is 1. The van der Waals surface area contributed by atoms with Crippen molar-refractivity contribution in [3.63, 3.8) is 0 Å². The van der Waals surface area contributed by atoms with Gasteiger partial charge in [-0.25, -0.2) is 4.79 Å². The van der Waals surface area contributed by atoms with E-state index in [4.69, 9.17) is 9.84 Å². The molecule has 0 aromatic heterocycles. The number of hydrogen-bond donors (Lipinski definition) is 1. The van der Waals surface area contributed by atoms with Gasteiger partial charge in [0.2, 0.25) is 0 Å². The van der Waals surface area contributed by atoms with Gasteiger partial charge in [-0.05, 0) is 30.3 Å². The van der Waals surface area contributed by atoms with E-state index in [1.807, 2.05) is 30.3 Å². The largest absolute Gasteiger partial charge is 0.496 e. The zero-order valence-corrected chi connectivity index (χ0v) is 10.3. The number of aromatic carboxylic acids is 1. The van der Waals surface area contributed by atoms with Gasteiger partial charge in [0.1, 0.15) is 11.3 Å². The number of carbonyl (C=O) groups is 1. The molecule has 0 bridgehead atoms. The van der Waals surface area contributed by atoms with Gasteiger partial charge in [0.05, 0.1) is 18.5 Å². The molecule has 0 aliphatic heterocycles. The highest BCUT2D eigenvalue weighted by molar-refractivity contribution is 5.91. The van der Waals surface area contributed by atoms with Gasteiger partial charge >= 0.3 is 5.97 Å². The first-order valence-corrected chi connectivity index (χ1v) is 5.59. The molecule has 0 saturated heterocycles. The van der Waals surface area contributed by atoms with E-state index < -0.39 is 5.97 Å². The van der Waals surface area contributed by atoms with Gasteiger partial charge in [0, 0.05) is 0 Å². The molecule has 5 heteroatoms. The Hall–Kier alpha value is -2.69. The Morgan fingerprint density at radius 1 is 1.05 bits per heavy atom. The first-order valence-electron chi connectivity index (χ1n) is 5.59. The van der Waals surface area contributed by atoms with Crippen molar-refractivity contribution in [1.29, 1.82) is 0 Å². The summed E-state index contributed by atoms with van der Waals surface area (Å²) in [6.07, 6.45) is 0. The van der Waals surface area contributed by atoms with Crippen LogP contribution >= 0.6 is 0 Å². The zero-order chi connectivity index (χ0) is 13.7. The Kier molecular flexibility index (Phi) is 3.87. The average molecular weight is 256 g/mol. The van der Waals surface area contributed by atoms with Crippen molar-refractivity contribution in [1.82, 2.24) is 0 Å². The fraction of sp³-hybridized carbons (Fsp3) is 0.0714. The molecule has 0 amide bonds. The third-order valence-corrected chi connectivity index (χ3v) is 2.45. The number of azo groups is 1. The van der Waals surface area contributed by atoms with Crippen molar-refractivity contribution in [3.05, 3.63) is 54.1 Å². The predicted octanol–water partition coefficient (Wildman–Crippen LogP) is 3.81. The predicted molar refractivity (Wildman–Crippen MR) is 70.6 cm³/mol. The smallest absolute Gasteiger partial charge is 0.339 e. The molecule has 0 spiro atoms. The number of rotatable bonds is 4. The van der Waals surface area contributed by atoms with E-state index >= 15 is 0 Å². The molecule has 0 radical (unpaired) electrons. The van der Waals surface area contributed by atoms with Crippen molar-refractivity contribution in [2.75, 3.05) is 7.11 Å². The summed E-state index contributed by atoms with van der Waals surface area (Å²) >= 11 is 0. The molecular formula is C14H12N2O3. The molecule has 2 rings (SSSR count). The zero-order valence-electron chi connectivity index (χ0n) is 10.3. The van der Waals surface area contributed by atoms with Crippen molar-refractivity contribution >= 4 is 17.3 Å². The van der Waals surface area contributed by atoms with Crippen LogP contribution in [0.2, 0.25) is 0 Å². The first kappa shape index (κ1) is 12.8. The van der Waals surface area contributed by atoms with Crippen LogP contribution in [0.3, 0.4) is 0 Å². The molecule has 0 aliphatic rings. The lowest BCUT2D eigenvalue weighted by molar-refractivity contribution is 0.0693. The Balaban J connectivity index is 2.29. The van der Waals surface area contributed by atoms with E-state index in [0.717, 1.165) is 0 Å². The average Bonchev–Trinajstić information content (AvgIpc) is 2.46. The summed E-state index contributed by atoms with van der Waals surface area (Å²) in [4.78, 5) is 11.1. The molecule has 0 heterocycles. The molecule has 1 N–H and O–H groups in total. The maximum absolute atomic E-state index is 11.1. The van der Waals surface area contributed by atoms with E-state index in [-0.39, 0.29) is 5.56 Å². The first-order chi connectivity index (χ1) is 9.20. The minimum Gasteiger partial charge on any atom is -0.496 e. The second-order valence-electron chi connectivity index (χ2n) is 3.73. The van der Waals surface area contributed by atoms with Gasteiger partial charge in [0.25, 0.3) is 0 Å². The van der Waals surface area contributed by atoms with Crippen LogP contribution in [0.15, 0.2) is 58.8 Å². The lowest BCUT2D eigenvalue weighted by Crippen LogP contribution is -1.99.